The number of carboxylic acids is 1. The Hall–Kier alpha value is -1.94. The molecule has 0 unspecified atom stereocenters. The Bertz CT molecular complexity index is 466. The van der Waals surface area contributed by atoms with Gasteiger partial charge in [-0.1, -0.05) is 17.7 Å². The van der Waals surface area contributed by atoms with Crippen LogP contribution < -0.4 is 9.47 Å². The van der Waals surface area contributed by atoms with Crippen molar-refractivity contribution in [1.29, 1.82) is 0 Å². The fourth-order valence-corrected chi connectivity index (χ4v) is 1.32. The largest absolute Gasteiger partial charge is 0.493 e. The maximum Gasteiger partial charge on any atom is 0.328 e. The lowest BCUT2D eigenvalue weighted by molar-refractivity contribution is -0.131. The van der Waals surface area contributed by atoms with E-state index in [1.165, 1.54) is 18.7 Å². The summed E-state index contributed by atoms with van der Waals surface area (Å²) >= 11 is 5.38. The highest BCUT2D eigenvalue weighted by molar-refractivity contribution is 6.25. The summed E-state index contributed by atoms with van der Waals surface area (Å²) in [7, 11) is 1.52. The maximum absolute atomic E-state index is 10.4. The number of methoxy groups -OCH3 is 1. The van der Waals surface area contributed by atoms with E-state index in [0.717, 1.165) is 11.6 Å². The number of benzene rings is 1. The number of aliphatic carboxylic acids is 1. The molecule has 0 aromatic heterocycles. The summed E-state index contributed by atoms with van der Waals surface area (Å²) in [5.41, 5.74) is 2.09. The van der Waals surface area contributed by atoms with Crippen molar-refractivity contribution in [2.45, 2.75) is 0 Å². The molecular weight excluding hydrogens is 256 g/mol. The van der Waals surface area contributed by atoms with E-state index in [1.54, 1.807) is 24.3 Å². The second-order valence-electron chi connectivity index (χ2n) is 3.25. The molecule has 0 aliphatic rings. The molecule has 0 bridgehead atoms. The van der Waals surface area contributed by atoms with E-state index < -0.39 is 5.97 Å². The van der Waals surface area contributed by atoms with Crippen molar-refractivity contribution in [3.63, 3.8) is 0 Å². The van der Waals surface area contributed by atoms with Crippen LogP contribution >= 0.6 is 11.6 Å². The number of rotatable bonds is 6. The summed E-state index contributed by atoms with van der Waals surface area (Å²) in [6.07, 6.45) is 4.19. The monoisotopic (exact) mass is 268 g/mol. The lowest BCUT2D eigenvalue weighted by atomic mass is 10.2. The van der Waals surface area contributed by atoms with Gasteiger partial charge in [-0.25, -0.2) is 4.79 Å². The molecule has 0 spiro atoms. The Morgan fingerprint density at radius 3 is 2.83 bits per heavy atom. The summed E-state index contributed by atoms with van der Waals surface area (Å²) in [5, 5.41) is 8.54. The first-order chi connectivity index (χ1) is 8.67. The number of hydrogen-bond acceptors (Lipinski definition) is 3. The molecule has 0 saturated carbocycles. The molecule has 0 saturated heterocycles. The Kier molecular flexibility index (Phi) is 5.80. The Labute approximate surface area is 110 Å². The minimum Gasteiger partial charge on any atom is -0.493 e. The van der Waals surface area contributed by atoms with Gasteiger partial charge in [0.05, 0.1) is 7.11 Å². The minimum absolute atomic E-state index is 0.337. The van der Waals surface area contributed by atoms with Gasteiger partial charge in [0.2, 0.25) is 0 Å². The van der Waals surface area contributed by atoms with E-state index in [9.17, 15) is 4.79 Å². The van der Waals surface area contributed by atoms with Crippen LogP contribution in [0.1, 0.15) is 5.56 Å². The van der Waals surface area contributed by atoms with Crippen molar-refractivity contribution >= 4 is 23.6 Å². The Balaban J connectivity index is 2.85. The lowest BCUT2D eigenvalue weighted by Gasteiger charge is -2.09. The van der Waals surface area contributed by atoms with Crippen molar-refractivity contribution in [2.75, 3.05) is 13.7 Å². The topological polar surface area (TPSA) is 55.8 Å². The van der Waals surface area contributed by atoms with Gasteiger partial charge in [-0.15, -0.1) is 0 Å². The first kappa shape index (κ1) is 14.1. The smallest absolute Gasteiger partial charge is 0.328 e. The lowest BCUT2D eigenvalue weighted by Crippen LogP contribution is -1.96. The number of hydrogen-bond donors (Lipinski definition) is 1. The normalized spacial score (nSPS) is 11.0. The molecule has 18 heavy (non-hydrogen) atoms. The zero-order valence-corrected chi connectivity index (χ0v) is 10.6. The predicted molar refractivity (Wildman–Crippen MR) is 70.2 cm³/mol. The third-order valence-electron chi connectivity index (χ3n) is 2.03. The van der Waals surface area contributed by atoms with Crippen molar-refractivity contribution < 1.29 is 19.4 Å². The van der Waals surface area contributed by atoms with Crippen LogP contribution in [-0.4, -0.2) is 24.8 Å². The number of ether oxygens (including phenoxy) is 2. The van der Waals surface area contributed by atoms with Crippen molar-refractivity contribution in [1.82, 2.24) is 0 Å². The van der Waals surface area contributed by atoms with Crippen molar-refractivity contribution in [3.8, 4) is 11.5 Å². The summed E-state index contributed by atoms with van der Waals surface area (Å²) in [6.45, 7) is 0.337. The van der Waals surface area contributed by atoms with Crippen LogP contribution in [-0.2, 0) is 4.79 Å². The summed E-state index contributed by atoms with van der Waals surface area (Å²) in [4.78, 5) is 10.4. The fraction of sp³-hybridized carbons (Fsp3) is 0.154. The molecule has 96 valence electrons. The van der Waals surface area contributed by atoms with E-state index >= 15 is 0 Å². The van der Waals surface area contributed by atoms with E-state index in [-0.39, 0.29) is 0 Å². The Morgan fingerprint density at radius 1 is 1.44 bits per heavy atom. The molecule has 1 aromatic carbocycles. The van der Waals surface area contributed by atoms with Crippen LogP contribution in [0.3, 0.4) is 0 Å². The van der Waals surface area contributed by atoms with Gasteiger partial charge in [0, 0.05) is 11.6 Å². The molecule has 0 fully saturated rings. The molecule has 0 aliphatic heterocycles. The second kappa shape index (κ2) is 7.40. The predicted octanol–water partition coefficient (Wildman–Crippen LogP) is 2.92. The van der Waals surface area contributed by atoms with Crippen molar-refractivity contribution in [2.24, 2.45) is 0 Å². The van der Waals surface area contributed by atoms with Gasteiger partial charge in [0.25, 0.3) is 0 Å². The van der Waals surface area contributed by atoms with Gasteiger partial charge in [0.1, 0.15) is 6.61 Å². The third-order valence-corrected chi connectivity index (χ3v) is 2.21. The van der Waals surface area contributed by atoms with Crippen LogP contribution in [0.5, 0.6) is 11.5 Å². The zero-order valence-electron chi connectivity index (χ0n) is 9.80. The number of halogens is 1. The van der Waals surface area contributed by atoms with E-state index in [0.29, 0.717) is 18.1 Å². The van der Waals surface area contributed by atoms with Gasteiger partial charge >= 0.3 is 5.97 Å². The molecule has 1 aromatic rings. The number of carbonyl (C=O) groups is 1. The van der Waals surface area contributed by atoms with Crippen molar-refractivity contribution in [3.05, 3.63) is 41.4 Å². The van der Waals surface area contributed by atoms with Crippen LogP contribution in [0.15, 0.2) is 35.9 Å². The standard InChI is InChI=1S/C13H13ClO4/c1-17-12-9-10(4-6-13(15)16)3-5-11(12)18-8-2-7-14/h2-7,9H,8H2,1H3,(H,15,16)/b6-4+,7-2+. The highest BCUT2D eigenvalue weighted by Gasteiger charge is 2.04. The summed E-state index contributed by atoms with van der Waals surface area (Å²) < 4.78 is 10.6. The minimum atomic E-state index is -0.999. The molecular formula is C13H13ClO4. The SMILES string of the molecule is COc1cc(/C=C/C(=O)O)ccc1OC/C=C/Cl. The summed E-state index contributed by atoms with van der Waals surface area (Å²) in [5.74, 6) is 0.104. The van der Waals surface area contributed by atoms with Gasteiger partial charge in [-0.2, -0.15) is 0 Å². The highest BCUT2D eigenvalue weighted by atomic mass is 35.5. The second-order valence-corrected chi connectivity index (χ2v) is 3.51. The van der Waals surface area contributed by atoms with Crippen LogP contribution in [0.25, 0.3) is 6.08 Å². The molecule has 5 heteroatoms. The van der Waals surface area contributed by atoms with Crippen LogP contribution in [0, 0.1) is 0 Å². The van der Waals surface area contributed by atoms with E-state index in [4.69, 9.17) is 26.2 Å². The summed E-state index contributed by atoms with van der Waals surface area (Å²) in [6, 6.07) is 5.14. The molecule has 0 heterocycles. The van der Waals surface area contributed by atoms with Gasteiger partial charge in [-0.05, 0) is 29.8 Å². The molecule has 0 atom stereocenters. The van der Waals surface area contributed by atoms with Crippen LogP contribution in [0.4, 0.5) is 0 Å². The molecule has 0 amide bonds. The quantitative estimate of drug-likeness (QED) is 0.806. The number of carboxylic acid groups (broad SMARTS) is 1. The molecule has 0 aliphatic carbocycles. The zero-order chi connectivity index (χ0) is 13.4. The first-order valence-corrected chi connectivity index (χ1v) is 5.58. The van der Waals surface area contributed by atoms with Gasteiger partial charge in [0.15, 0.2) is 11.5 Å². The Morgan fingerprint density at radius 2 is 2.22 bits per heavy atom. The fourth-order valence-electron chi connectivity index (χ4n) is 1.25. The third kappa shape index (κ3) is 4.51. The molecule has 1 N–H and O–H groups in total. The average Bonchev–Trinajstić information content (AvgIpc) is 2.37. The first-order valence-electron chi connectivity index (χ1n) is 5.14. The van der Waals surface area contributed by atoms with E-state index in [1.807, 2.05) is 0 Å². The van der Waals surface area contributed by atoms with Gasteiger partial charge < -0.3 is 14.6 Å². The highest BCUT2D eigenvalue weighted by Crippen LogP contribution is 2.28. The maximum atomic E-state index is 10.4. The van der Waals surface area contributed by atoms with Crippen LogP contribution in [0.2, 0.25) is 0 Å². The average molecular weight is 269 g/mol. The molecule has 4 nitrogen and oxygen atoms in total. The molecule has 0 radical (unpaired) electrons. The van der Waals surface area contributed by atoms with E-state index in [2.05, 4.69) is 0 Å². The van der Waals surface area contributed by atoms with Gasteiger partial charge in [-0.3, -0.25) is 0 Å². The molecule has 1 rings (SSSR count).